The van der Waals surface area contributed by atoms with Crippen LogP contribution in [0.5, 0.6) is 0 Å². The molecule has 0 aliphatic carbocycles. The van der Waals surface area contributed by atoms with Crippen molar-refractivity contribution in [2.75, 3.05) is 25.1 Å². The molecule has 6 heteroatoms. The van der Waals surface area contributed by atoms with E-state index in [-0.39, 0.29) is 6.03 Å². The van der Waals surface area contributed by atoms with Gasteiger partial charge in [0.2, 0.25) is 0 Å². The van der Waals surface area contributed by atoms with E-state index in [9.17, 15) is 4.79 Å². The molecule has 0 radical (unpaired) electrons. The molecule has 0 fully saturated rings. The lowest BCUT2D eigenvalue weighted by Crippen LogP contribution is -2.37. The molecule has 0 saturated carbocycles. The lowest BCUT2D eigenvalue weighted by atomic mass is 10.2. The largest absolute Gasteiger partial charge is 0.351 e. The molecule has 1 aromatic carbocycles. The minimum atomic E-state index is -0.423. The van der Waals surface area contributed by atoms with Crippen LogP contribution in [-0.2, 0) is 16.5 Å². The summed E-state index contributed by atoms with van der Waals surface area (Å²) in [7, 11) is 1.95. The molecule has 0 unspecified atom stereocenters. The lowest BCUT2D eigenvalue weighted by molar-refractivity contribution is -0.131. The SMILES string of the molecule is CCOC(CNC(=O)Nc1cn(C)c2ccccc12)OCC. The minimum absolute atomic E-state index is 0.277. The number of amides is 2. The van der Waals surface area contributed by atoms with E-state index in [4.69, 9.17) is 9.47 Å². The lowest BCUT2D eigenvalue weighted by Gasteiger charge is -2.17. The molecule has 1 heterocycles. The molecule has 22 heavy (non-hydrogen) atoms. The zero-order valence-corrected chi connectivity index (χ0v) is 13.3. The molecule has 0 atom stereocenters. The second kappa shape index (κ2) is 7.82. The fourth-order valence-corrected chi connectivity index (χ4v) is 2.32. The van der Waals surface area contributed by atoms with E-state index in [1.807, 2.05) is 55.9 Å². The molecule has 0 aliphatic rings. The predicted molar refractivity (Wildman–Crippen MR) is 87.0 cm³/mol. The number of fused-ring (bicyclic) bond motifs is 1. The van der Waals surface area contributed by atoms with Gasteiger partial charge in [0.05, 0.1) is 12.2 Å². The molecule has 1 aromatic heterocycles. The Morgan fingerprint density at radius 2 is 1.91 bits per heavy atom. The summed E-state index contributed by atoms with van der Waals surface area (Å²) in [5.41, 5.74) is 1.85. The highest BCUT2D eigenvalue weighted by Crippen LogP contribution is 2.24. The number of rotatable bonds is 7. The molecule has 2 N–H and O–H groups in total. The van der Waals surface area contributed by atoms with Gasteiger partial charge in [0.1, 0.15) is 0 Å². The number of aromatic nitrogens is 1. The van der Waals surface area contributed by atoms with Crippen LogP contribution in [0, 0.1) is 0 Å². The third-order valence-electron chi connectivity index (χ3n) is 3.28. The Bertz CT molecular complexity index is 618. The van der Waals surface area contributed by atoms with Crippen molar-refractivity contribution in [3.05, 3.63) is 30.5 Å². The van der Waals surface area contributed by atoms with E-state index in [2.05, 4.69) is 10.6 Å². The number of carbonyl (C=O) groups excluding carboxylic acids is 1. The molecule has 2 rings (SSSR count). The van der Waals surface area contributed by atoms with Gasteiger partial charge in [-0.2, -0.15) is 0 Å². The fourth-order valence-electron chi connectivity index (χ4n) is 2.32. The Kier molecular flexibility index (Phi) is 5.80. The number of anilines is 1. The van der Waals surface area contributed by atoms with E-state index in [1.165, 1.54) is 0 Å². The second-order valence-corrected chi connectivity index (χ2v) is 4.85. The maximum absolute atomic E-state index is 12.0. The topological polar surface area (TPSA) is 64.5 Å². The monoisotopic (exact) mass is 305 g/mol. The van der Waals surface area contributed by atoms with Crippen molar-refractivity contribution in [1.82, 2.24) is 9.88 Å². The van der Waals surface area contributed by atoms with Crippen molar-refractivity contribution in [1.29, 1.82) is 0 Å². The summed E-state index contributed by atoms with van der Waals surface area (Å²) in [4.78, 5) is 12.0. The van der Waals surface area contributed by atoms with Crippen LogP contribution < -0.4 is 10.6 Å². The first kappa shape index (κ1) is 16.3. The molecule has 0 saturated heterocycles. The molecule has 0 spiro atoms. The first-order chi connectivity index (χ1) is 10.7. The normalized spacial score (nSPS) is 11.1. The molecule has 0 aliphatic heterocycles. The number of hydrogen-bond donors (Lipinski definition) is 2. The van der Waals surface area contributed by atoms with E-state index in [1.54, 1.807) is 0 Å². The van der Waals surface area contributed by atoms with E-state index < -0.39 is 6.29 Å². The summed E-state index contributed by atoms with van der Waals surface area (Å²) in [6.45, 7) is 5.16. The second-order valence-electron chi connectivity index (χ2n) is 4.85. The zero-order chi connectivity index (χ0) is 15.9. The van der Waals surface area contributed by atoms with Crippen molar-refractivity contribution < 1.29 is 14.3 Å². The van der Waals surface area contributed by atoms with Crippen LogP contribution in [0.15, 0.2) is 30.5 Å². The van der Waals surface area contributed by atoms with Crippen LogP contribution in [0.1, 0.15) is 13.8 Å². The Balaban J connectivity index is 1.96. The molecule has 0 bridgehead atoms. The van der Waals surface area contributed by atoms with Crippen LogP contribution in [-0.4, -0.2) is 36.6 Å². The standard InChI is InChI=1S/C16H23N3O3/c1-4-21-15(22-5-2)10-17-16(20)18-13-11-19(3)14-9-7-6-8-12(13)14/h6-9,11,15H,4-5,10H2,1-3H3,(H2,17,18,20). The summed E-state index contributed by atoms with van der Waals surface area (Å²) < 4.78 is 12.8. The van der Waals surface area contributed by atoms with Crippen LogP contribution >= 0.6 is 0 Å². The summed E-state index contributed by atoms with van der Waals surface area (Å²) in [5, 5.41) is 6.63. The number of carbonyl (C=O) groups is 1. The number of aryl methyl sites for hydroxylation is 1. The molecule has 2 amide bonds. The van der Waals surface area contributed by atoms with Gasteiger partial charge in [0.25, 0.3) is 0 Å². The number of hydrogen-bond acceptors (Lipinski definition) is 3. The first-order valence-electron chi connectivity index (χ1n) is 7.47. The highest BCUT2D eigenvalue weighted by Gasteiger charge is 2.12. The van der Waals surface area contributed by atoms with Crippen LogP contribution in [0.2, 0.25) is 0 Å². The van der Waals surface area contributed by atoms with Gasteiger partial charge >= 0.3 is 6.03 Å². The van der Waals surface area contributed by atoms with Gasteiger partial charge < -0.3 is 24.7 Å². The molecular weight excluding hydrogens is 282 g/mol. The van der Waals surface area contributed by atoms with Gasteiger partial charge in [-0.05, 0) is 19.9 Å². The van der Waals surface area contributed by atoms with Crippen LogP contribution in [0.4, 0.5) is 10.5 Å². The highest BCUT2D eigenvalue weighted by molar-refractivity contribution is 6.01. The highest BCUT2D eigenvalue weighted by atomic mass is 16.7. The number of nitrogens with one attached hydrogen (secondary N) is 2. The Morgan fingerprint density at radius 3 is 2.59 bits per heavy atom. The van der Waals surface area contributed by atoms with E-state index >= 15 is 0 Å². The van der Waals surface area contributed by atoms with Gasteiger partial charge in [-0.25, -0.2) is 4.79 Å². The number of urea groups is 1. The number of benzene rings is 1. The maximum Gasteiger partial charge on any atom is 0.319 e. The van der Waals surface area contributed by atoms with Crippen molar-refractivity contribution >= 4 is 22.6 Å². The molecule has 120 valence electrons. The Morgan fingerprint density at radius 1 is 1.23 bits per heavy atom. The smallest absolute Gasteiger partial charge is 0.319 e. The summed E-state index contributed by atoms with van der Waals surface area (Å²) in [6, 6.07) is 7.64. The third kappa shape index (κ3) is 3.99. The predicted octanol–water partition coefficient (Wildman–Crippen LogP) is 2.70. The van der Waals surface area contributed by atoms with Crippen LogP contribution in [0.25, 0.3) is 10.9 Å². The fraction of sp³-hybridized carbons (Fsp3) is 0.438. The number of nitrogens with zero attached hydrogens (tertiary/aromatic N) is 1. The van der Waals surface area contributed by atoms with E-state index in [0.717, 1.165) is 16.6 Å². The maximum atomic E-state index is 12.0. The average molecular weight is 305 g/mol. The first-order valence-corrected chi connectivity index (χ1v) is 7.47. The molecule has 2 aromatic rings. The zero-order valence-electron chi connectivity index (χ0n) is 13.3. The summed E-state index contributed by atoms with van der Waals surface area (Å²) >= 11 is 0. The summed E-state index contributed by atoms with van der Waals surface area (Å²) in [5.74, 6) is 0. The Labute approximate surface area is 130 Å². The van der Waals surface area contributed by atoms with Gasteiger partial charge in [0, 0.05) is 37.4 Å². The van der Waals surface area contributed by atoms with Crippen molar-refractivity contribution in [2.45, 2.75) is 20.1 Å². The number of ether oxygens (including phenoxy) is 2. The summed E-state index contributed by atoms with van der Waals surface area (Å²) in [6.07, 6.45) is 1.47. The van der Waals surface area contributed by atoms with Gasteiger partial charge in [-0.1, -0.05) is 18.2 Å². The van der Waals surface area contributed by atoms with Gasteiger partial charge in [-0.15, -0.1) is 0 Å². The van der Waals surface area contributed by atoms with Gasteiger partial charge in [-0.3, -0.25) is 0 Å². The number of para-hydroxylation sites is 1. The van der Waals surface area contributed by atoms with Crippen molar-refractivity contribution in [3.63, 3.8) is 0 Å². The Hall–Kier alpha value is -2.05. The van der Waals surface area contributed by atoms with Crippen molar-refractivity contribution in [2.24, 2.45) is 7.05 Å². The minimum Gasteiger partial charge on any atom is -0.351 e. The molecular formula is C16H23N3O3. The quantitative estimate of drug-likeness (QED) is 0.773. The van der Waals surface area contributed by atoms with Crippen LogP contribution in [0.3, 0.4) is 0 Å². The molecule has 6 nitrogen and oxygen atoms in total. The average Bonchev–Trinajstić information content (AvgIpc) is 2.82. The third-order valence-corrected chi connectivity index (χ3v) is 3.28. The van der Waals surface area contributed by atoms with Crippen molar-refractivity contribution in [3.8, 4) is 0 Å². The van der Waals surface area contributed by atoms with E-state index in [0.29, 0.717) is 19.8 Å². The van der Waals surface area contributed by atoms with Gasteiger partial charge in [0.15, 0.2) is 6.29 Å².